The van der Waals surface area contributed by atoms with Gasteiger partial charge in [-0.05, 0) is 42.9 Å². The summed E-state index contributed by atoms with van der Waals surface area (Å²) in [5.74, 6) is 0.390. The van der Waals surface area contributed by atoms with Crippen molar-refractivity contribution >= 4 is 17.4 Å². The SMILES string of the molecule is CC(C)CC1(C(=O)Cc2ccc(F)c(Cl)c2)CCCC1. The Morgan fingerprint density at radius 2 is 2.00 bits per heavy atom. The van der Waals surface area contributed by atoms with Crippen molar-refractivity contribution in [3.8, 4) is 0 Å². The molecule has 0 aromatic heterocycles. The Hall–Kier alpha value is -0.890. The fraction of sp³-hybridized carbons (Fsp3) is 0.588. The second-order valence-electron chi connectivity index (χ2n) is 6.43. The van der Waals surface area contributed by atoms with Crippen LogP contribution >= 0.6 is 11.6 Å². The van der Waals surface area contributed by atoms with Crippen molar-refractivity contribution in [1.29, 1.82) is 0 Å². The van der Waals surface area contributed by atoms with Crippen molar-refractivity contribution in [2.75, 3.05) is 0 Å². The monoisotopic (exact) mass is 296 g/mol. The maximum Gasteiger partial charge on any atom is 0.143 e. The molecule has 0 atom stereocenters. The molecule has 2 rings (SSSR count). The van der Waals surface area contributed by atoms with Gasteiger partial charge in [0.25, 0.3) is 0 Å². The van der Waals surface area contributed by atoms with E-state index in [0.29, 0.717) is 18.1 Å². The van der Waals surface area contributed by atoms with E-state index in [9.17, 15) is 9.18 Å². The Bertz CT molecular complexity index is 490. The number of hydrogen-bond donors (Lipinski definition) is 0. The first-order valence-electron chi connectivity index (χ1n) is 7.40. The first kappa shape index (κ1) is 15.5. The van der Waals surface area contributed by atoms with Crippen LogP contribution in [0, 0.1) is 17.2 Å². The summed E-state index contributed by atoms with van der Waals surface area (Å²) in [4.78, 5) is 12.7. The van der Waals surface area contributed by atoms with E-state index >= 15 is 0 Å². The molecule has 1 aliphatic carbocycles. The molecule has 1 fully saturated rings. The fourth-order valence-corrected chi connectivity index (χ4v) is 3.66. The maximum atomic E-state index is 13.2. The molecule has 0 radical (unpaired) electrons. The molecule has 0 aliphatic heterocycles. The summed E-state index contributed by atoms with van der Waals surface area (Å²) in [6.45, 7) is 4.34. The zero-order valence-electron chi connectivity index (χ0n) is 12.2. The van der Waals surface area contributed by atoms with E-state index in [1.165, 1.54) is 6.07 Å². The minimum atomic E-state index is -0.430. The number of benzene rings is 1. The molecular formula is C17H22ClFO. The molecule has 0 unspecified atom stereocenters. The third kappa shape index (κ3) is 3.41. The topological polar surface area (TPSA) is 17.1 Å². The van der Waals surface area contributed by atoms with E-state index in [2.05, 4.69) is 13.8 Å². The molecule has 20 heavy (non-hydrogen) atoms. The quantitative estimate of drug-likeness (QED) is 0.730. The Morgan fingerprint density at radius 1 is 1.35 bits per heavy atom. The second kappa shape index (κ2) is 6.26. The van der Waals surface area contributed by atoms with Crippen LogP contribution in [-0.4, -0.2) is 5.78 Å². The van der Waals surface area contributed by atoms with Gasteiger partial charge >= 0.3 is 0 Å². The van der Waals surface area contributed by atoms with Crippen LogP contribution in [0.5, 0.6) is 0 Å². The van der Waals surface area contributed by atoms with Crippen molar-refractivity contribution in [1.82, 2.24) is 0 Å². The van der Waals surface area contributed by atoms with Gasteiger partial charge in [0, 0.05) is 11.8 Å². The minimum Gasteiger partial charge on any atom is -0.299 e. The van der Waals surface area contributed by atoms with E-state index in [1.54, 1.807) is 12.1 Å². The van der Waals surface area contributed by atoms with E-state index in [0.717, 1.165) is 37.7 Å². The van der Waals surface area contributed by atoms with Crippen molar-refractivity contribution in [3.05, 3.63) is 34.6 Å². The van der Waals surface area contributed by atoms with Crippen LogP contribution in [0.15, 0.2) is 18.2 Å². The van der Waals surface area contributed by atoms with Crippen molar-refractivity contribution in [2.45, 2.75) is 52.4 Å². The van der Waals surface area contributed by atoms with Gasteiger partial charge in [-0.3, -0.25) is 4.79 Å². The van der Waals surface area contributed by atoms with Gasteiger partial charge in [0.2, 0.25) is 0 Å². The number of Topliss-reactive ketones (excluding diaryl/α,β-unsaturated/α-hetero) is 1. The second-order valence-corrected chi connectivity index (χ2v) is 6.84. The normalized spacial score (nSPS) is 17.6. The molecule has 0 heterocycles. The predicted octanol–water partition coefficient (Wildman–Crippen LogP) is 5.20. The Morgan fingerprint density at radius 3 is 2.55 bits per heavy atom. The lowest BCUT2D eigenvalue weighted by molar-refractivity contribution is -0.128. The van der Waals surface area contributed by atoms with Gasteiger partial charge in [-0.25, -0.2) is 4.39 Å². The molecule has 1 nitrogen and oxygen atoms in total. The lowest BCUT2D eigenvalue weighted by Crippen LogP contribution is -2.31. The van der Waals surface area contributed by atoms with Crippen LogP contribution in [-0.2, 0) is 11.2 Å². The fourth-order valence-electron chi connectivity index (χ4n) is 3.45. The number of halogens is 2. The van der Waals surface area contributed by atoms with Gasteiger partial charge in [-0.1, -0.05) is 44.4 Å². The molecule has 110 valence electrons. The average Bonchev–Trinajstić information content (AvgIpc) is 2.83. The van der Waals surface area contributed by atoms with E-state index in [4.69, 9.17) is 11.6 Å². The lowest BCUT2D eigenvalue weighted by Gasteiger charge is -2.29. The van der Waals surface area contributed by atoms with Crippen molar-refractivity contribution in [2.24, 2.45) is 11.3 Å². The van der Waals surface area contributed by atoms with Crippen LogP contribution < -0.4 is 0 Å². The smallest absolute Gasteiger partial charge is 0.143 e. The molecule has 1 aromatic carbocycles. The summed E-state index contributed by atoms with van der Waals surface area (Å²) in [5.41, 5.74) is 0.658. The number of carbonyl (C=O) groups excluding carboxylic acids is 1. The standard InChI is InChI=1S/C17H22ClFO/c1-12(2)11-17(7-3-4-8-17)16(20)10-13-5-6-15(19)14(18)9-13/h5-6,9,12H,3-4,7-8,10-11H2,1-2H3. The summed E-state index contributed by atoms with van der Waals surface area (Å²) >= 11 is 5.79. The van der Waals surface area contributed by atoms with E-state index in [-0.39, 0.29) is 10.4 Å². The molecular weight excluding hydrogens is 275 g/mol. The molecule has 1 aromatic rings. The molecule has 3 heteroatoms. The molecule has 0 N–H and O–H groups in total. The highest BCUT2D eigenvalue weighted by Gasteiger charge is 2.40. The molecule has 1 aliphatic rings. The highest BCUT2D eigenvalue weighted by Crippen LogP contribution is 2.44. The molecule has 0 saturated heterocycles. The summed E-state index contributed by atoms with van der Waals surface area (Å²) in [5, 5.41) is 0.0969. The van der Waals surface area contributed by atoms with Gasteiger partial charge in [0.05, 0.1) is 5.02 Å². The van der Waals surface area contributed by atoms with E-state index in [1.807, 2.05) is 0 Å². The van der Waals surface area contributed by atoms with Crippen molar-refractivity contribution in [3.63, 3.8) is 0 Å². The van der Waals surface area contributed by atoms with Crippen LogP contribution in [0.2, 0.25) is 5.02 Å². The minimum absolute atomic E-state index is 0.0969. The van der Waals surface area contributed by atoms with Crippen molar-refractivity contribution < 1.29 is 9.18 Å². The third-order valence-corrected chi connectivity index (χ3v) is 4.59. The van der Waals surface area contributed by atoms with Gasteiger partial charge in [-0.2, -0.15) is 0 Å². The maximum absolute atomic E-state index is 13.2. The lowest BCUT2D eigenvalue weighted by atomic mass is 9.73. The summed E-state index contributed by atoms with van der Waals surface area (Å²) in [6.07, 6.45) is 5.61. The highest BCUT2D eigenvalue weighted by molar-refractivity contribution is 6.30. The zero-order valence-corrected chi connectivity index (χ0v) is 13.0. The Labute approximate surface area is 125 Å². The summed E-state index contributed by atoms with van der Waals surface area (Å²) in [6, 6.07) is 4.58. The molecule has 0 spiro atoms. The number of ketones is 1. The number of carbonyl (C=O) groups is 1. The van der Waals surface area contributed by atoms with Crippen LogP contribution in [0.3, 0.4) is 0 Å². The van der Waals surface area contributed by atoms with Gasteiger partial charge in [-0.15, -0.1) is 0 Å². The van der Waals surface area contributed by atoms with Gasteiger partial charge < -0.3 is 0 Å². The average molecular weight is 297 g/mol. The first-order valence-corrected chi connectivity index (χ1v) is 7.78. The van der Waals surface area contributed by atoms with E-state index < -0.39 is 5.82 Å². The van der Waals surface area contributed by atoms with Gasteiger partial charge in [0.1, 0.15) is 11.6 Å². The summed E-state index contributed by atoms with van der Waals surface area (Å²) < 4.78 is 13.2. The molecule has 0 amide bonds. The molecule has 0 bridgehead atoms. The first-order chi connectivity index (χ1) is 9.43. The number of hydrogen-bond acceptors (Lipinski definition) is 1. The van der Waals surface area contributed by atoms with Crippen LogP contribution in [0.4, 0.5) is 4.39 Å². The zero-order chi connectivity index (χ0) is 14.8. The summed E-state index contributed by atoms with van der Waals surface area (Å²) in [7, 11) is 0. The Kier molecular flexibility index (Phi) is 4.85. The van der Waals surface area contributed by atoms with Gasteiger partial charge in [0.15, 0.2) is 0 Å². The number of rotatable bonds is 5. The largest absolute Gasteiger partial charge is 0.299 e. The Balaban J connectivity index is 2.14. The predicted molar refractivity (Wildman–Crippen MR) is 80.5 cm³/mol. The highest BCUT2D eigenvalue weighted by atomic mass is 35.5. The van der Waals surface area contributed by atoms with Crippen LogP contribution in [0.25, 0.3) is 0 Å². The van der Waals surface area contributed by atoms with Crippen LogP contribution in [0.1, 0.15) is 51.5 Å². The molecule has 1 saturated carbocycles. The third-order valence-electron chi connectivity index (χ3n) is 4.30.